The average Bonchev–Trinajstić information content (AvgIpc) is 2.11. The van der Waals surface area contributed by atoms with E-state index < -0.39 is 0 Å². The minimum atomic E-state index is 0.427. The van der Waals surface area contributed by atoms with Gasteiger partial charge in [0.2, 0.25) is 0 Å². The van der Waals surface area contributed by atoms with E-state index in [9.17, 15) is 0 Å². The third-order valence-electron chi connectivity index (χ3n) is 2.68. The highest BCUT2D eigenvalue weighted by molar-refractivity contribution is 4.87. The van der Waals surface area contributed by atoms with Crippen molar-refractivity contribution in [3.05, 3.63) is 0 Å². The molecular weight excluding hydrogens is 122 g/mol. The van der Waals surface area contributed by atoms with Gasteiger partial charge in [-0.15, -0.1) is 0 Å². The number of hydrogen-bond acceptors (Lipinski definition) is 1. The van der Waals surface area contributed by atoms with E-state index in [0.29, 0.717) is 11.5 Å². The maximum absolute atomic E-state index is 5.97. The first-order valence-corrected chi connectivity index (χ1v) is 4.27. The lowest BCUT2D eigenvalue weighted by atomic mass is 9.78. The van der Waals surface area contributed by atoms with Crippen LogP contribution in [0, 0.1) is 11.3 Å². The lowest BCUT2D eigenvalue weighted by molar-refractivity contribution is 0.224. The molecule has 2 atom stereocenters. The smallest absolute Gasteiger partial charge is 0.00721 e. The minimum Gasteiger partial charge on any atom is -0.327 e. The molecule has 0 aliphatic heterocycles. The van der Waals surface area contributed by atoms with Crippen LogP contribution in [-0.2, 0) is 0 Å². The van der Waals surface area contributed by atoms with Gasteiger partial charge in [0.15, 0.2) is 0 Å². The van der Waals surface area contributed by atoms with E-state index in [1.165, 1.54) is 19.3 Å². The highest BCUT2D eigenvalue weighted by Gasteiger charge is 2.33. The van der Waals surface area contributed by atoms with Crippen LogP contribution >= 0.6 is 0 Å². The van der Waals surface area contributed by atoms with E-state index in [2.05, 4.69) is 20.8 Å². The maximum atomic E-state index is 5.97. The summed E-state index contributed by atoms with van der Waals surface area (Å²) < 4.78 is 0. The molecule has 1 heteroatoms. The number of hydrogen-bond donors (Lipinski definition) is 1. The van der Waals surface area contributed by atoms with Crippen LogP contribution in [0.25, 0.3) is 0 Å². The SMILES string of the molecule is CC(C)(C)[C@H]1CCC[C@H]1N. The molecule has 1 aliphatic carbocycles. The summed E-state index contributed by atoms with van der Waals surface area (Å²) in [6, 6.07) is 0.472. The van der Waals surface area contributed by atoms with Gasteiger partial charge in [-0.3, -0.25) is 0 Å². The summed E-state index contributed by atoms with van der Waals surface area (Å²) in [6.45, 7) is 6.88. The van der Waals surface area contributed by atoms with Gasteiger partial charge in [-0.2, -0.15) is 0 Å². The molecule has 0 unspecified atom stereocenters. The van der Waals surface area contributed by atoms with E-state index in [1.807, 2.05) is 0 Å². The molecule has 1 rings (SSSR count). The largest absolute Gasteiger partial charge is 0.327 e. The highest BCUT2D eigenvalue weighted by atomic mass is 14.7. The molecule has 0 aromatic rings. The van der Waals surface area contributed by atoms with Crippen LogP contribution < -0.4 is 5.73 Å². The molecule has 0 amide bonds. The molecule has 0 radical (unpaired) electrons. The molecular formula is C9H19N. The number of rotatable bonds is 0. The van der Waals surface area contributed by atoms with E-state index >= 15 is 0 Å². The molecule has 0 spiro atoms. The Balaban J connectivity index is 2.55. The highest BCUT2D eigenvalue weighted by Crippen LogP contribution is 2.38. The molecule has 2 N–H and O–H groups in total. The van der Waals surface area contributed by atoms with E-state index in [0.717, 1.165) is 5.92 Å². The topological polar surface area (TPSA) is 26.0 Å². The van der Waals surface area contributed by atoms with E-state index in [1.54, 1.807) is 0 Å². The average molecular weight is 141 g/mol. The molecule has 1 aliphatic rings. The molecule has 1 nitrogen and oxygen atoms in total. The zero-order valence-corrected chi connectivity index (χ0v) is 7.35. The summed E-state index contributed by atoms with van der Waals surface area (Å²) in [5.74, 6) is 0.757. The normalized spacial score (nSPS) is 34.8. The van der Waals surface area contributed by atoms with Gasteiger partial charge >= 0.3 is 0 Å². The Morgan fingerprint density at radius 3 is 2.00 bits per heavy atom. The molecule has 1 saturated carbocycles. The van der Waals surface area contributed by atoms with Crippen molar-refractivity contribution in [2.75, 3.05) is 0 Å². The summed E-state index contributed by atoms with van der Waals surface area (Å²) in [5.41, 5.74) is 6.39. The monoisotopic (exact) mass is 141 g/mol. The Labute approximate surface area is 64.0 Å². The Hall–Kier alpha value is -0.0400. The first-order valence-electron chi connectivity index (χ1n) is 4.27. The maximum Gasteiger partial charge on any atom is 0.00721 e. The Morgan fingerprint density at radius 2 is 1.80 bits per heavy atom. The summed E-state index contributed by atoms with van der Waals surface area (Å²) in [7, 11) is 0. The van der Waals surface area contributed by atoms with Gasteiger partial charge in [0.05, 0.1) is 0 Å². The first kappa shape index (κ1) is 8.06. The quantitative estimate of drug-likeness (QED) is 0.549. The second kappa shape index (κ2) is 2.54. The molecule has 0 aromatic carbocycles. The lowest BCUT2D eigenvalue weighted by Crippen LogP contribution is -2.33. The van der Waals surface area contributed by atoms with Crippen molar-refractivity contribution < 1.29 is 0 Å². The predicted octanol–water partition coefficient (Wildman–Crippen LogP) is 2.16. The zero-order valence-electron chi connectivity index (χ0n) is 7.35. The van der Waals surface area contributed by atoms with Gasteiger partial charge in [-0.25, -0.2) is 0 Å². The molecule has 60 valence electrons. The van der Waals surface area contributed by atoms with Crippen LogP contribution in [-0.4, -0.2) is 6.04 Å². The van der Waals surface area contributed by atoms with Gasteiger partial charge in [0.25, 0.3) is 0 Å². The first-order chi connectivity index (χ1) is 4.52. The fourth-order valence-electron chi connectivity index (χ4n) is 2.06. The van der Waals surface area contributed by atoms with Crippen molar-refractivity contribution in [2.24, 2.45) is 17.1 Å². The Bertz CT molecular complexity index is 112. The number of nitrogens with two attached hydrogens (primary N) is 1. The van der Waals surface area contributed by atoms with Crippen LogP contribution in [0.2, 0.25) is 0 Å². The molecule has 1 fully saturated rings. The van der Waals surface area contributed by atoms with Crippen molar-refractivity contribution in [1.82, 2.24) is 0 Å². The third-order valence-corrected chi connectivity index (χ3v) is 2.68. The second-order valence-corrected chi connectivity index (χ2v) is 4.57. The van der Waals surface area contributed by atoms with Crippen molar-refractivity contribution >= 4 is 0 Å². The van der Waals surface area contributed by atoms with Crippen LogP contribution in [0.4, 0.5) is 0 Å². The molecule has 0 aromatic heterocycles. The Morgan fingerprint density at radius 1 is 1.20 bits per heavy atom. The van der Waals surface area contributed by atoms with Crippen molar-refractivity contribution in [1.29, 1.82) is 0 Å². The third kappa shape index (κ3) is 1.51. The van der Waals surface area contributed by atoms with Gasteiger partial charge in [0, 0.05) is 6.04 Å². The van der Waals surface area contributed by atoms with E-state index in [-0.39, 0.29) is 0 Å². The molecule has 0 bridgehead atoms. The summed E-state index contributed by atoms with van der Waals surface area (Å²) >= 11 is 0. The van der Waals surface area contributed by atoms with Crippen LogP contribution in [0.5, 0.6) is 0 Å². The fourth-order valence-corrected chi connectivity index (χ4v) is 2.06. The zero-order chi connectivity index (χ0) is 7.78. The van der Waals surface area contributed by atoms with Crippen molar-refractivity contribution in [2.45, 2.75) is 46.1 Å². The summed E-state index contributed by atoms with van der Waals surface area (Å²) in [4.78, 5) is 0. The standard InChI is InChI=1S/C9H19N/c1-9(2,3)7-5-4-6-8(7)10/h7-8H,4-6,10H2,1-3H3/t7-,8+/m0/s1. The second-order valence-electron chi connectivity index (χ2n) is 4.57. The van der Waals surface area contributed by atoms with Gasteiger partial charge in [-0.05, 0) is 24.2 Å². The van der Waals surface area contributed by atoms with Crippen LogP contribution in [0.3, 0.4) is 0 Å². The van der Waals surface area contributed by atoms with Gasteiger partial charge in [-0.1, -0.05) is 27.2 Å². The van der Waals surface area contributed by atoms with Crippen LogP contribution in [0.1, 0.15) is 40.0 Å². The van der Waals surface area contributed by atoms with Gasteiger partial charge < -0.3 is 5.73 Å². The summed E-state index contributed by atoms with van der Waals surface area (Å²) in [5, 5.41) is 0. The van der Waals surface area contributed by atoms with Crippen molar-refractivity contribution in [3.63, 3.8) is 0 Å². The minimum absolute atomic E-state index is 0.427. The van der Waals surface area contributed by atoms with Gasteiger partial charge in [0.1, 0.15) is 0 Å². The molecule has 10 heavy (non-hydrogen) atoms. The fraction of sp³-hybridized carbons (Fsp3) is 1.00. The molecule has 0 heterocycles. The molecule has 0 saturated heterocycles. The van der Waals surface area contributed by atoms with Crippen LogP contribution in [0.15, 0.2) is 0 Å². The van der Waals surface area contributed by atoms with Crippen molar-refractivity contribution in [3.8, 4) is 0 Å². The predicted molar refractivity (Wildman–Crippen MR) is 44.8 cm³/mol. The van der Waals surface area contributed by atoms with E-state index in [4.69, 9.17) is 5.73 Å². The Kier molecular flexibility index (Phi) is 2.04. The lowest BCUT2D eigenvalue weighted by Gasteiger charge is -2.30. The summed E-state index contributed by atoms with van der Waals surface area (Å²) in [6.07, 6.45) is 3.91.